The van der Waals surface area contributed by atoms with Gasteiger partial charge in [-0.05, 0) is 55.4 Å². The summed E-state index contributed by atoms with van der Waals surface area (Å²) in [4.78, 5) is 11.2. The van der Waals surface area contributed by atoms with E-state index < -0.39 is 0 Å². The van der Waals surface area contributed by atoms with E-state index in [1.807, 2.05) is 12.1 Å². The predicted molar refractivity (Wildman–Crippen MR) is 106 cm³/mol. The van der Waals surface area contributed by atoms with Crippen molar-refractivity contribution in [2.24, 2.45) is 5.92 Å². The van der Waals surface area contributed by atoms with Gasteiger partial charge in [0.15, 0.2) is 6.19 Å². The van der Waals surface area contributed by atoms with Crippen molar-refractivity contribution in [2.45, 2.75) is 64.4 Å². The molecule has 0 fully saturated rings. The number of phenols is 1. The Labute approximate surface area is 162 Å². The fourth-order valence-electron chi connectivity index (χ4n) is 3.95. The van der Waals surface area contributed by atoms with Gasteiger partial charge in [0.1, 0.15) is 23.4 Å². The molecule has 2 unspecified atom stereocenters. The quantitative estimate of drug-likeness (QED) is 0.440. The Morgan fingerprint density at radius 3 is 2.52 bits per heavy atom. The third-order valence-electron chi connectivity index (χ3n) is 5.46. The molecule has 2 atom stereocenters. The van der Waals surface area contributed by atoms with Gasteiger partial charge in [-0.3, -0.25) is 4.79 Å². The van der Waals surface area contributed by atoms with Crippen molar-refractivity contribution in [1.29, 1.82) is 5.26 Å². The van der Waals surface area contributed by atoms with E-state index in [0.717, 1.165) is 35.2 Å². The molecule has 0 bridgehead atoms. The summed E-state index contributed by atoms with van der Waals surface area (Å²) < 4.78 is 6.30. The summed E-state index contributed by atoms with van der Waals surface area (Å²) in [6.07, 6.45) is 6.13. The molecule has 3 rings (SSSR count). The highest BCUT2D eigenvalue weighted by Crippen LogP contribution is 2.54. The van der Waals surface area contributed by atoms with E-state index in [9.17, 15) is 9.90 Å². The number of ether oxygens (including phenoxy) is 1. The van der Waals surface area contributed by atoms with Crippen LogP contribution in [0.3, 0.4) is 0 Å². The van der Waals surface area contributed by atoms with Crippen molar-refractivity contribution in [3.63, 3.8) is 0 Å². The van der Waals surface area contributed by atoms with Crippen molar-refractivity contribution in [2.75, 3.05) is 7.05 Å². The number of phenolic OH excluding ortho intramolecular Hbond substituents is 1. The van der Waals surface area contributed by atoms with E-state index in [2.05, 4.69) is 46.0 Å². The van der Waals surface area contributed by atoms with Crippen LogP contribution in [-0.2, 0) is 10.2 Å². The molecule has 0 saturated heterocycles. The first kappa shape index (κ1) is 20.8. The van der Waals surface area contributed by atoms with Gasteiger partial charge in [0.2, 0.25) is 0 Å². The number of carbonyl (C=O) groups is 1. The minimum atomic E-state index is -0.314. The second kappa shape index (κ2) is 7.64. The molecule has 1 aromatic carbocycles. The van der Waals surface area contributed by atoms with Crippen LogP contribution < -0.4 is 10.1 Å². The van der Waals surface area contributed by atoms with Crippen LogP contribution in [-0.4, -0.2) is 24.0 Å². The lowest BCUT2D eigenvalue weighted by Gasteiger charge is -2.47. The van der Waals surface area contributed by atoms with Crippen LogP contribution in [0.5, 0.6) is 11.5 Å². The summed E-state index contributed by atoms with van der Waals surface area (Å²) in [5, 5.41) is 20.4. The maximum absolute atomic E-state index is 11.2. The standard InChI is InChI=1S/C20H26O3.C2H4N2/c1-19(2,3)13-9-16(22)18-14-8-12(11-21)6-7-15(14)20(4,5)23-17(18)10-13;1-4-2-3/h6,9-11,14-15,22H,7-8H2,1-5H3;4H,1H3. The fraction of sp³-hybridized carbons (Fsp3) is 0.545. The second-order valence-electron chi connectivity index (χ2n) is 8.77. The van der Waals surface area contributed by atoms with Crippen LogP contribution >= 0.6 is 0 Å². The van der Waals surface area contributed by atoms with Gasteiger partial charge in [0.05, 0.1) is 0 Å². The normalized spacial score (nSPS) is 22.5. The third-order valence-corrected chi connectivity index (χ3v) is 5.46. The van der Waals surface area contributed by atoms with Gasteiger partial charge >= 0.3 is 0 Å². The summed E-state index contributed by atoms with van der Waals surface area (Å²) in [5.41, 5.74) is 2.39. The highest BCUT2D eigenvalue weighted by Gasteiger charge is 2.46. The van der Waals surface area contributed by atoms with E-state index in [4.69, 9.17) is 10.00 Å². The number of nitriles is 1. The molecule has 0 spiro atoms. The number of nitrogens with zero attached hydrogens (tertiary/aromatic N) is 1. The lowest BCUT2D eigenvalue weighted by molar-refractivity contribution is -0.105. The highest BCUT2D eigenvalue weighted by molar-refractivity contribution is 5.74. The van der Waals surface area contributed by atoms with Gasteiger partial charge in [-0.1, -0.05) is 26.8 Å². The number of rotatable bonds is 1. The Kier molecular flexibility index (Phi) is 5.89. The molecule has 1 aliphatic carbocycles. The minimum absolute atomic E-state index is 0.0582. The molecule has 1 heterocycles. The van der Waals surface area contributed by atoms with Crippen molar-refractivity contribution in [3.05, 3.63) is 34.9 Å². The zero-order valence-electron chi connectivity index (χ0n) is 17.1. The number of benzene rings is 1. The zero-order chi connectivity index (χ0) is 20.4. The molecular weight excluding hydrogens is 340 g/mol. The molecule has 5 nitrogen and oxygen atoms in total. The molecule has 2 aliphatic rings. The molecule has 1 aromatic rings. The number of allylic oxidation sites excluding steroid dienone is 2. The molecule has 0 radical (unpaired) electrons. The molecule has 0 aromatic heterocycles. The van der Waals surface area contributed by atoms with E-state index in [1.165, 1.54) is 0 Å². The molecule has 146 valence electrons. The van der Waals surface area contributed by atoms with Crippen LogP contribution in [0.1, 0.15) is 64.5 Å². The summed E-state index contributed by atoms with van der Waals surface area (Å²) in [7, 11) is 1.57. The van der Waals surface area contributed by atoms with Crippen LogP contribution in [0.4, 0.5) is 0 Å². The smallest absolute Gasteiger partial charge is 0.176 e. The summed E-state index contributed by atoms with van der Waals surface area (Å²) in [6.45, 7) is 10.6. The average molecular weight is 370 g/mol. The number of aldehydes is 1. The minimum Gasteiger partial charge on any atom is -0.508 e. The number of hydrogen-bond acceptors (Lipinski definition) is 5. The van der Waals surface area contributed by atoms with Crippen LogP contribution in [0.15, 0.2) is 23.8 Å². The van der Waals surface area contributed by atoms with E-state index in [1.54, 1.807) is 13.2 Å². The zero-order valence-corrected chi connectivity index (χ0v) is 17.1. The molecule has 0 amide bonds. The topological polar surface area (TPSA) is 82.3 Å². The number of fused-ring (bicyclic) bond motifs is 3. The van der Waals surface area contributed by atoms with Crippen molar-refractivity contribution in [1.82, 2.24) is 5.32 Å². The highest BCUT2D eigenvalue weighted by atomic mass is 16.5. The Morgan fingerprint density at radius 1 is 1.37 bits per heavy atom. The van der Waals surface area contributed by atoms with Crippen LogP contribution in [0.2, 0.25) is 0 Å². The summed E-state index contributed by atoms with van der Waals surface area (Å²) in [5.74, 6) is 1.47. The fourth-order valence-corrected chi connectivity index (χ4v) is 3.95. The van der Waals surface area contributed by atoms with E-state index in [0.29, 0.717) is 12.2 Å². The molecule has 27 heavy (non-hydrogen) atoms. The monoisotopic (exact) mass is 370 g/mol. The number of nitrogens with one attached hydrogen (secondary N) is 1. The lowest BCUT2D eigenvalue weighted by Crippen LogP contribution is -2.45. The Hall–Kier alpha value is -2.48. The van der Waals surface area contributed by atoms with Crippen molar-refractivity contribution in [3.8, 4) is 17.7 Å². The SMILES string of the molecule is CC(C)(C)c1cc(O)c2c(c1)OC(C)(C)C1CC=C(C=O)CC21.CNC#N. The largest absolute Gasteiger partial charge is 0.508 e. The van der Waals surface area contributed by atoms with Gasteiger partial charge in [0, 0.05) is 24.4 Å². The van der Waals surface area contributed by atoms with Gasteiger partial charge in [-0.15, -0.1) is 0 Å². The van der Waals surface area contributed by atoms with Gasteiger partial charge < -0.3 is 15.2 Å². The molecule has 5 heteroatoms. The molecule has 0 saturated carbocycles. The summed E-state index contributed by atoms with van der Waals surface area (Å²) >= 11 is 0. The van der Waals surface area contributed by atoms with Gasteiger partial charge in [-0.2, -0.15) is 5.26 Å². The summed E-state index contributed by atoms with van der Waals surface area (Å²) in [6, 6.07) is 3.92. The lowest BCUT2D eigenvalue weighted by atomic mass is 9.66. The van der Waals surface area contributed by atoms with Gasteiger partial charge in [-0.25, -0.2) is 0 Å². The Bertz CT molecular complexity index is 782. The Morgan fingerprint density at radius 2 is 2.00 bits per heavy atom. The first-order chi connectivity index (χ1) is 12.5. The third kappa shape index (κ3) is 4.27. The number of carbonyl (C=O) groups excluding carboxylic acids is 1. The maximum atomic E-state index is 11.2. The van der Waals surface area contributed by atoms with E-state index >= 15 is 0 Å². The van der Waals surface area contributed by atoms with E-state index in [-0.39, 0.29) is 22.9 Å². The van der Waals surface area contributed by atoms with Crippen LogP contribution in [0.25, 0.3) is 0 Å². The molecule has 1 aliphatic heterocycles. The molecular formula is C22H30N2O3. The predicted octanol–water partition coefficient (Wildman–Crippen LogP) is 4.17. The van der Waals surface area contributed by atoms with Crippen molar-refractivity contribution >= 4 is 6.29 Å². The van der Waals surface area contributed by atoms with Crippen LogP contribution in [0, 0.1) is 17.4 Å². The van der Waals surface area contributed by atoms with Crippen molar-refractivity contribution < 1.29 is 14.6 Å². The first-order valence-corrected chi connectivity index (χ1v) is 9.31. The number of hydrogen-bond donors (Lipinski definition) is 2. The molecule has 2 N–H and O–H groups in total. The van der Waals surface area contributed by atoms with Gasteiger partial charge in [0.25, 0.3) is 0 Å². The maximum Gasteiger partial charge on any atom is 0.176 e. The Balaban J connectivity index is 0.000000596. The number of aromatic hydroxyl groups is 1. The first-order valence-electron chi connectivity index (χ1n) is 9.31. The average Bonchev–Trinajstić information content (AvgIpc) is 2.59. The second-order valence-corrected chi connectivity index (χ2v) is 8.77.